The number of sulfonamides is 1. The minimum absolute atomic E-state index is 0.179. The summed E-state index contributed by atoms with van der Waals surface area (Å²) >= 11 is 1.30. The van der Waals surface area contributed by atoms with Gasteiger partial charge in [0.2, 0.25) is 21.1 Å². The van der Waals surface area contributed by atoms with Gasteiger partial charge in [-0.3, -0.25) is 9.10 Å². The Hall–Kier alpha value is -2.78. The third-order valence-corrected chi connectivity index (χ3v) is 6.26. The van der Waals surface area contributed by atoms with E-state index in [0.717, 1.165) is 16.1 Å². The van der Waals surface area contributed by atoms with Gasteiger partial charge in [-0.1, -0.05) is 59.4 Å². The maximum absolute atomic E-state index is 12.2. The van der Waals surface area contributed by atoms with Gasteiger partial charge in [-0.05, 0) is 25.5 Å². The van der Waals surface area contributed by atoms with Crippen molar-refractivity contribution in [1.82, 2.24) is 10.2 Å². The summed E-state index contributed by atoms with van der Waals surface area (Å²) in [7, 11) is -3.43. The van der Waals surface area contributed by atoms with Gasteiger partial charge < -0.3 is 5.32 Å². The Bertz CT molecular complexity index is 1060. The van der Waals surface area contributed by atoms with Crippen LogP contribution in [0.1, 0.15) is 18.4 Å². The first-order chi connectivity index (χ1) is 13.8. The third kappa shape index (κ3) is 5.85. The van der Waals surface area contributed by atoms with E-state index < -0.39 is 10.0 Å². The second kappa shape index (κ2) is 9.15. The summed E-state index contributed by atoms with van der Waals surface area (Å²) in [6.45, 7) is 2.16. The van der Waals surface area contributed by atoms with E-state index >= 15 is 0 Å². The molecule has 152 valence electrons. The van der Waals surface area contributed by atoms with E-state index in [1.807, 2.05) is 49.4 Å². The number of hydrogen-bond acceptors (Lipinski definition) is 6. The summed E-state index contributed by atoms with van der Waals surface area (Å²) in [4.78, 5) is 12.2. The zero-order chi connectivity index (χ0) is 20.9. The summed E-state index contributed by atoms with van der Waals surface area (Å²) in [5.41, 5.74) is 2.58. The van der Waals surface area contributed by atoms with Crippen molar-refractivity contribution >= 4 is 38.1 Å². The van der Waals surface area contributed by atoms with Crippen LogP contribution in [0.3, 0.4) is 0 Å². The Labute approximate surface area is 174 Å². The molecule has 0 aliphatic heterocycles. The molecular weight excluding hydrogens is 408 g/mol. The summed E-state index contributed by atoms with van der Waals surface area (Å²) in [5, 5.41) is 12.0. The van der Waals surface area contributed by atoms with Crippen LogP contribution < -0.4 is 9.62 Å². The lowest BCUT2D eigenvalue weighted by molar-refractivity contribution is -0.116. The molecule has 0 spiro atoms. The Morgan fingerprint density at radius 3 is 2.41 bits per heavy atom. The number of carbonyl (C=O) groups excluding carboxylic acids is 1. The summed E-state index contributed by atoms with van der Waals surface area (Å²) in [6, 6.07) is 16.9. The molecule has 29 heavy (non-hydrogen) atoms. The molecule has 1 heterocycles. The van der Waals surface area contributed by atoms with E-state index in [1.165, 1.54) is 21.9 Å². The highest BCUT2D eigenvalue weighted by Crippen LogP contribution is 2.26. The first kappa shape index (κ1) is 20.9. The molecule has 0 aliphatic rings. The lowest BCUT2D eigenvalue weighted by atomic mass is 10.2. The van der Waals surface area contributed by atoms with Crippen LogP contribution in [0.25, 0.3) is 10.6 Å². The molecule has 1 N–H and O–H groups in total. The minimum atomic E-state index is -3.43. The highest BCUT2D eigenvalue weighted by molar-refractivity contribution is 7.92. The average Bonchev–Trinajstić information content (AvgIpc) is 3.14. The first-order valence-corrected chi connectivity index (χ1v) is 11.7. The van der Waals surface area contributed by atoms with Gasteiger partial charge >= 0.3 is 0 Å². The summed E-state index contributed by atoms with van der Waals surface area (Å²) in [5.74, 6) is -0.224. The van der Waals surface area contributed by atoms with Crippen molar-refractivity contribution in [2.75, 3.05) is 22.4 Å². The number of anilines is 2. The second-order valence-electron chi connectivity index (χ2n) is 6.60. The molecule has 0 unspecified atom stereocenters. The Balaban J connectivity index is 1.56. The predicted molar refractivity (Wildman–Crippen MR) is 117 cm³/mol. The fourth-order valence-electron chi connectivity index (χ4n) is 2.73. The van der Waals surface area contributed by atoms with Crippen LogP contribution in [0.15, 0.2) is 54.6 Å². The lowest BCUT2D eigenvalue weighted by Crippen LogP contribution is -2.31. The molecule has 0 atom stereocenters. The van der Waals surface area contributed by atoms with E-state index in [1.54, 1.807) is 12.1 Å². The van der Waals surface area contributed by atoms with Gasteiger partial charge in [-0.25, -0.2) is 8.42 Å². The van der Waals surface area contributed by atoms with Gasteiger partial charge in [0, 0.05) is 18.5 Å². The first-order valence-electron chi connectivity index (χ1n) is 9.06. The average molecular weight is 431 g/mol. The van der Waals surface area contributed by atoms with Crippen molar-refractivity contribution in [2.24, 2.45) is 0 Å². The number of hydrogen-bond donors (Lipinski definition) is 1. The van der Waals surface area contributed by atoms with Crippen LogP contribution in [0.5, 0.6) is 0 Å². The zero-order valence-electron chi connectivity index (χ0n) is 16.2. The molecule has 3 rings (SSSR count). The molecule has 3 aromatic rings. The fraction of sp³-hybridized carbons (Fsp3) is 0.250. The second-order valence-corrected chi connectivity index (χ2v) is 9.49. The summed E-state index contributed by atoms with van der Waals surface area (Å²) in [6.07, 6.45) is 1.73. The molecule has 0 bridgehead atoms. The van der Waals surface area contributed by atoms with Crippen molar-refractivity contribution in [3.63, 3.8) is 0 Å². The Kier molecular flexibility index (Phi) is 6.60. The summed E-state index contributed by atoms with van der Waals surface area (Å²) < 4.78 is 25.6. The minimum Gasteiger partial charge on any atom is -0.301 e. The molecule has 0 saturated heterocycles. The van der Waals surface area contributed by atoms with Crippen molar-refractivity contribution in [1.29, 1.82) is 0 Å². The number of nitrogens with one attached hydrogen (secondary N) is 1. The molecule has 2 aromatic carbocycles. The van der Waals surface area contributed by atoms with Crippen molar-refractivity contribution in [2.45, 2.75) is 19.8 Å². The molecule has 1 amide bonds. The zero-order valence-corrected chi connectivity index (χ0v) is 17.8. The number of nitrogens with zero attached hydrogens (tertiary/aromatic N) is 3. The molecule has 7 nitrogen and oxygen atoms in total. The highest BCUT2D eigenvalue weighted by Gasteiger charge is 2.18. The number of amides is 1. The number of carbonyl (C=O) groups is 1. The van der Waals surface area contributed by atoms with Crippen LogP contribution in [0, 0.1) is 6.92 Å². The topological polar surface area (TPSA) is 92.3 Å². The van der Waals surface area contributed by atoms with Crippen LogP contribution in [0.4, 0.5) is 10.8 Å². The lowest BCUT2D eigenvalue weighted by Gasteiger charge is -2.22. The monoisotopic (exact) mass is 430 g/mol. The fourth-order valence-corrected chi connectivity index (χ4v) is 4.46. The number of benzene rings is 2. The largest absolute Gasteiger partial charge is 0.301 e. The van der Waals surface area contributed by atoms with E-state index in [-0.39, 0.29) is 18.9 Å². The molecule has 1 aromatic heterocycles. The van der Waals surface area contributed by atoms with E-state index in [2.05, 4.69) is 15.5 Å². The Morgan fingerprint density at radius 1 is 1.07 bits per heavy atom. The number of rotatable bonds is 8. The van der Waals surface area contributed by atoms with Crippen LogP contribution in [0.2, 0.25) is 0 Å². The maximum atomic E-state index is 12.2. The Morgan fingerprint density at radius 2 is 1.76 bits per heavy atom. The molecule has 0 saturated carbocycles. The van der Waals surface area contributed by atoms with E-state index in [9.17, 15) is 13.2 Å². The van der Waals surface area contributed by atoms with Gasteiger partial charge in [0.05, 0.1) is 11.9 Å². The third-order valence-electron chi connectivity index (χ3n) is 4.18. The van der Waals surface area contributed by atoms with Crippen molar-refractivity contribution in [3.05, 3.63) is 60.2 Å². The predicted octanol–water partition coefficient (Wildman–Crippen LogP) is 3.70. The number of aryl methyl sites for hydroxylation is 1. The van der Waals surface area contributed by atoms with E-state index in [0.29, 0.717) is 17.2 Å². The van der Waals surface area contributed by atoms with Gasteiger partial charge in [0.1, 0.15) is 5.01 Å². The SMILES string of the molecule is Cc1ccc(N(CCCC(=O)Nc2nnc(-c3ccccc3)s2)S(C)(=O)=O)cc1. The molecule has 0 radical (unpaired) electrons. The van der Waals surface area contributed by atoms with Gasteiger partial charge in [-0.15, -0.1) is 10.2 Å². The standard InChI is InChI=1S/C20H22N4O3S2/c1-15-10-12-17(13-11-15)24(29(2,26)27)14-6-9-18(25)21-20-23-22-19(28-20)16-7-4-3-5-8-16/h3-5,7-8,10-13H,6,9,14H2,1-2H3,(H,21,23,25). The van der Waals surface area contributed by atoms with Crippen LogP contribution in [-0.2, 0) is 14.8 Å². The van der Waals surface area contributed by atoms with Gasteiger partial charge in [0.25, 0.3) is 0 Å². The smallest absolute Gasteiger partial charge is 0.232 e. The normalized spacial score (nSPS) is 11.2. The van der Waals surface area contributed by atoms with Gasteiger partial charge in [-0.2, -0.15) is 0 Å². The number of aromatic nitrogens is 2. The molecule has 9 heteroatoms. The molecule has 0 fully saturated rings. The van der Waals surface area contributed by atoms with Crippen LogP contribution >= 0.6 is 11.3 Å². The molecule has 0 aliphatic carbocycles. The maximum Gasteiger partial charge on any atom is 0.232 e. The molecular formula is C20H22N4O3S2. The van der Waals surface area contributed by atoms with Crippen molar-refractivity contribution in [3.8, 4) is 10.6 Å². The highest BCUT2D eigenvalue weighted by atomic mass is 32.2. The quantitative estimate of drug-likeness (QED) is 0.588. The van der Waals surface area contributed by atoms with E-state index in [4.69, 9.17) is 0 Å². The van der Waals surface area contributed by atoms with Gasteiger partial charge in [0.15, 0.2) is 0 Å². The van der Waals surface area contributed by atoms with Crippen molar-refractivity contribution < 1.29 is 13.2 Å². The van der Waals surface area contributed by atoms with Crippen LogP contribution in [-0.4, -0.2) is 37.3 Å².